The van der Waals surface area contributed by atoms with Crippen molar-refractivity contribution in [2.45, 2.75) is 19.5 Å². The van der Waals surface area contributed by atoms with E-state index >= 15 is 0 Å². The lowest BCUT2D eigenvalue weighted by Gasteiger charge is -2.23. The van der Waals surface area contributed by atoms with Gasteiger partial charge >= 0.3 is 0 Å². The van der Waals surface area contributed by atoms with E-state index in [0.717, 1.165) is 5.69 Å². The van der Waals surface area contributed by atoms with Gasteiger partial charge in [0.2, 0.25) is 0 Å². The highest BCUT2D eigenvalue weighted by molar-refractivity contribution is 7.84. The molecule has 0 radical (unpaired) electrons. The maximum atomic E-state index is 11.9. The first-order chi connectivity index (χ1) is 8.97. The van der Waals surface area contributed by atoms with Gasteiger partial charge in [-0.1, -0.05) is 0 Å². The molecule has 7 heteroatoms. The second kappa shape index (κ2) is 5.94. The van der Waals surface area contributed by atoms with Crippen molar-refractivity contribution in [1.29, 1.82) is 0 Å². The molecule has 104 valence electrons. The van der Waals surface area contributed by atoms with Crippen molar-refractivity contribution in [1.82, 2.24) is 14.3 Å². The van der Waals surface area contributed by atoms with Gasteiger partial charge in [-0.3, -0.25) is 18.3 Å². The number of hydrogen-bond donors (Lipinski definition) is 0. The largest absolute Gasteiger partial charge is 0.297 e. The first-order valence-corrected chi connectivity index (χ1v) is 8.54. The van der Waals surface area contributed by atoms with E-state index in [0.29, 0.717) is 17.3 Å². The lowest BCUT2D eigenvalue weighted by atomic mass is 10.3. The molecule has 2 aromatic rings. The summed E-state index contributed by atoms with van der Waals surface area (Å²) in [6.45, 7) is 2.61. The summed E-state index contributed by atoms with van der Waals surface area (Å²) in [6, 6.07) is 1.75. The van der Waals surface area contributed by atoms with Crippen LogP contribution in [-0.4, -0.2) is 43.6 Å². The van der Waals surface area contributed by atoms with Gasteiger partial charge in [-0.15, -0.1) is 11.3 Å². The average Bonchev–Trinajstić information content (AvgIpc) is 2.76. The van der Waals surface area contributed by atoms with Gasteiger partial charge in [0.15, 0.2) is 4.96 Å². The zero-order valence-electron chi connectivity index (χ0n) is 11.2. The predicted octanol–water partition coefficient (Wildman–Crippen LogP) is 0.955. The summed E-state index contributed by atoms with van der Waals surface area (Å²) < 4.78 is 12.8. The van der Waals surface area contributed by atoms with Crippen LogP contribution in [0, 0.1) is 0 Å². The highest BCUT2D eigenvalue weighted by atomic mass is 32.2. The maximum absolute atomic E-state index is 11.9. The van der Waals surface area contributed by atoms with E-state index in [1.54, 1.807) is 22.9 Å². The Kier molecular flexibility index (Phi) is 4.49. The van der Waals surface area contributed by atoms with Crippen molar-refractivity contribution in [3.05, 3.63) is 33.7 Å². The Labute approximate surface area is 118 Å². The lowest BCUT2D eigenvalue weighted by molar-refractivity contribution is 0.265. The summed E-state index contributed by atoms with van der Waals surface area (Å²) in [4.78, 5) is 19.1. The van der Waals surface area contributed by atoms with Crippen LogP contribution in [0.1, 0.15) is 12.6 Å². The van der Waals surface area contributed by atoms with Crippen molar-refractivity contribution in [3.8, 4) is 0 Å². The van der Waals surface area contributed by atoms with Crippen molar-refractivity contribution >= 4 is 27.1 Å². The van der Waals surface area contributed by atoms with Crippen LogP contribution in [0.2, 0.25) is 0 Å². The summed E-state index contributed by atoms with van der Waals surface area (Å²) in [7, 11) is 1.13. The third-order valence-electron chi connectivity index (χ3n) is 3.00. The minimum Gasteiger partial charge on any atom is -0.297 e. The quantitative estimate of drug-likeness (QED) is 0.825. The highest BCUT2D eigenvalue weighted by Gasteiger charge is 2.13. The predicted molar refractivity (Wildman–Crippen MR) is 79.2 cm³/mol. The first-order valence-electron chi connectivity index (χ1n) is 5.93. The lowest BCUT2D eigenvalue weighted by Crippen LogP contribution is -2.33. The van der Waals surface area contributed by atoms with E-state index in [-0.39, 0.29) is 11.6 Å². The minimum absolute atomic E-state index is 0.0543. The van der Waals surface area contributed by atoms with Crippen LogP contribution in [-0.2, 0) is 17.3 Å². The maximum Gasteiger partial charge on any atom is 0.258 e. The molecular weight excluding hydrogens is 282 g/mol. The summed E-state index contributed by atoms with van der Waals surface area (Å²) in [5.41, 5.74) is 0.699. The topological polar surface area (TPSA) is 54.7 Å². The Morgan fingerprint density at radius 2 is 2.32 bits per heavy atom. The fourth-order valence-electron chi connectivity index (χ4n) is 1.85. The Bertz CT molecular complexity index is 650. The Hall–Kier alpha value is -1.05. The van der Waals surface area contributed by atoms with E-state index in [1.165, 1.54) is 11.3 Å². The van der Waals surface area contributed by atoms with Crippen molar-refractivity contribution in [2.24, 2.45) is 0 Å². The van der Waals surface area contributed by atoms with Gasteiger partial charge < -0.3 is 0 Å². The smallest absolute Gasteiger partial charge is 0.258 e. The zero-order chi connectivity index (χ0) is 14.0. The standard InChI is InChI=1S/C12H17N3O2S2/c1-9(8-19(3)17)14(2)7-10-6-11(16)15-4-5-18-12(15)13-10/h4-6,9H,7-8H2,1-3H3/t9-,19+/m1/s1. The van der Waals surface area contributed by atoms with Crippen LogP contribution in [0.3, 0.4) is 0 Å². The monoisotopic (exact) mass is 299 g/mol. The number of aromatic nitrogens is 2. The normalized spacial score (nSPS) is 14.9. The van der Waals surface area contributed by atoms with E-state index in [2.05, 4.69) is 9.88 Å². The van der Waals surface area contributed by atoms with Crippen molar-refractivity contribution in [3.63, 3.8) is 0 Å². The molecule has 5 nitrogen and oxygen atoms in total. The summed E-state index contributed by atoms with van der Waals surface area (Å²) >= 11 is 1.45. The van der Waals surface area contributed by atoms with Crippen LogP contribution in [0.25, 0.3) is 4.96 Å². The molecule has 0 unspecified atom stereocenters. The molecule has 0 aliphatic heterocycles. The SMILES string of the molecule is C[C@H](C[S@](C)=O)N(C)Cc1cc(=O)n2ccsc2n1. The van der Waals surface area contributed by atoms with Gasteiger partial charge in [0.25, 0.3) is 5.56 Å². The number of rotatable bonds is 5. The molecule has 19 heavy (non-hydrogen) atoms. The fraction of sp³-hybridized carbons (Fsp3) is 0.500. The molecule has 2 heterocycles. The highest BCUT2D eigenvalue weighted by Crippen LogP contribution is 2.09. The van der Waals surface area contributed by atoms with Crippen LogP contribution < -0.4 is 5.56 Å². The Morgan fingerprint density at radius 3 is 3.00 bits per heavy atom. The molecule has 2 aromatic heterocycles. The Balaban J connectivity index is 2.16. The molecule has 2 rings (SSSR count). The number of thiazole rings is 1. The molecule has 0 bridgehead atoms. The van der Waals surface area contributed by atoms with E-state index in [9.17, 15) is 9.00 Å². The van der Waals surface area contributed by atoms with Crippen LogP contribution in [0.5, 0.6) is 0 Å². The molecule has 0 fully saturated rings. The first kappa shape index (κ1) is 14.4. The average molecular weight is 299 g/mol. The molecule has 0 aliphatic rings. The molecule has 0 N–H and O–H groups in total. The molecule has 0 aromatic carbocycles. The number of nitrogens with zero attached hydrogens (tertiary/aromatic N) is 3. The number of fused-ring (bicyclic) bond motifs is 1. The summed E-state index contributed by atoms with van der Waals surface area (Å²) in [6.07, 6.45) is 3.43. The molecule has 0 saturated heterocycles. The minimum atomic E-state index is -0.820. The summed E-state index contributed by atoms with van der Waals surface area (Å²) in [5.74, 6) is 0.622. The van der Waals surface area contributed by atoms with Gasteiger partial charge in [-0.05, 0) is 14.0 Å². The zero-order valence-corrected chi connectivity index (χ0v) is 12.8. The number of hydrogen-bond acceptors (Lipinski definition) is 5. The Morgan fingerprint density at radius 1 is 1.58 bits per heavy atom. The van der Waals surface area contributed by atoms with Crippen LogP contribution >= 0.6 is 11.3 Å². The second-order valence-corrected chi connectivity index (χ2v) is 7.00. The van der Waals surface area contributed by atoms with Gasteiger partial charge in [-0.2, -0.15) is 0 Å². The second-order valence-electron chi connectivity index (χ2n) is 4.65. The van der Waals surface area contributed by atoms with Crippen LogP contribution in [0.4, 0.5) is 0 Å². The van der Waals surface area contributed by atoms with E-state index < -0.39 is 10.8 Å². The van der Waals surface area contributed by atoms with E-state index in [1.807, 2.05) is 19.4 Å². The molecule has 0 aliphatic carbocycles. The molecule has 0 spiro atoms. The third kappa shape index (κ3) is 3.49. The molecule has 0 amide bonds. The summed E-state index contributed by atoms with van der Waals surface area (Å²) in [5, 5.41) is 1.85. The third-order valence-corrected chi connectivity index (χ3v) is 4.70. The van der Waals surface area contributed by atoms with Crippen LogP contribution in [0.15, 0.2) is 22.4 Å². The van der Waals surface area contributed by atoms with Gasteiger partial charge in [0, 0.05) is 53.0 Å². The molecule has 0 saturated carbocycles. The van der Waals surface area contributed by atoms with E-state index in [4.69, 9.17) is 0 Å². The molecule has 2 atom stereocenters. The molecular formula is C12H17N3O2S2. The van der Waals surface area contributed by atoms with Crippen molar-refractivity contribution < 1.29 is 4.21 Å². The van der Waals surface area contributed by atoms with Gasteiger partial charge in [0.1, 0.15) is 0 Å². The fourth-order valence-corrected chi connectivity index (χ4v) is 3.52. The van der Waals surface area contributed by atoms with Gasteiger partial charge in [-0.25, -0.2) is 4.98 Å². The van der Waals surface area contributed by atoms with Gasteiger partial charge in [0.05, 0.1) is 5.69 Å². The van der Waals surface area contributed by atoms with Crippen molar-refractivity contribution in [2.75, 3.05) is 19.1 Å².